The van der Waals surface area contributed by atoms with E-state index in [4.69, 9.17) is 0 Å². The molecule has 8 nitrogen and oxygen atoms in total. The normalized spacial score (nSPS) is 13.7. The molecule has 2 aromatic rings. The van der Waals surface area contributed by atoms with Crippen LogP contribution < -0.4 is 10.6 Å². The highest BCUT2D eigenvalue weighted by Crippen LogP contribution is 2.14. The summed E-state index contributed by atoms with van der Waals surface area (Å²) in [4.78, 5) is 17.8. The molecule has 158 valence electrons. The molecule has 0 spiro atoms. The molecule has 1 aromatic carbocycles. The number of aliphatic imine (C=N–C) groups is 1. The minimum Gasteiger partial charge on any atom is -0.352 e. The van der Waals surface area contributed by atoms with Gasteiger partial charge in [-0.05, 0) is 30.5 Å². The molecule has 0 fully saturated rings. The van der Waals surface area contributed by atoms with Crippen LogP contribution in [0.1, 0.15) is 46.8 Å². The van der Waals surface area contributed by atoms with Crippen molar-refractivity contribution in [1.82, 2.24) is 30.3 Å². The lowest BCUT2D eigenvalue weighted by Gasteiger charge is -2.13. The van der Waals surface area contributed by atoms with Crippen LogP contribution in [0.2, 0.25) is 0 Å². The van der Waals surface area contributed by atoms with Gasteiger partial charge in [0.15, 0.2) is 11.8 Å². The average molecular weight is 511 g/mol. The molecule has 2 heterocycles. The molecule has 1 aromatic heterocycles. The lowest BCUT2D eigenvalue weighted by Crippen LogP contribution is -2.37. The predicted octanol–water partition coefficient (Wildman–Crippen LogP) is 2.19. The molecular formula is C20H30IN7O. The summed E-state index contributed by atoms with van der Waals surface area (Å²) in [6.45, 7) is 2.19. The van der Waals surface area contributed by atoms with E-state index in [1.54, 1.807) is 26.0 Å². The number of fused-ring (bicyclic) bond motifs is 1. The molecule has 0 aliphatic carbocycles. The molecule has 0 atom stereocenters. The van der Waals surface area contributed by atoms with Crippen LogP contribution >= 0.6 is 24.0 Å². The molecule has 0 bridgehead atoms. The summed E-state index contributed by atoms with van der Waals surface area (Å²) in [7, 11) is 5.25. The van der Waals surface area contributed by atoms with Gasteiger partial charge in [0.25, 0.3) is 5.91 Å². The number of benzene rings is 1. The molecule has 1 aliphatic rings. The lowest BCUT2D eigenvalue weighted by molar-refractivity contribution is 0.0827. The Morgan fingerprint density at radius 3 is 2.52 bits per heavy atom. The Hall–Kier alpha value is -2.17. The summed E-state index contributed by atoms with van der Waals surface area (Å²) in [5, 5.41) is 15.3. The van der Waals surface area contributed by atoms with Crippen LogP contribution in [-0.2, 0) is 26.1 Å². The monoisotopic (exact) mass is 511 g/mol. The predicted molar refractivity (Wildman–Crippen MR) is 124 cm³/mol. The number of amides is 1. The number of guanidine groups is 1. The Labute approximate surface area is 189 Å². The number of nitrogens with zero attached hydrogens (tertiary/aromatic N) is 5. The average Bonchev–Trinajstić information content (AvgIpc) is 2.94. The first-order chi connectivity index (χ1) is 13.6. The Balaban J connectivity index is 0.00000300. The van der Waals surface area contributed by atoms with Crippen LogP contribution in [0.25, 0.3) is 0 Å². The Morgan fingerprint density at radius 2 is 1.83 bits per heavy atom. The molecule has 0 radical (unpaired) electrons. The second-order valence-electron chi connectivity index (χ2n) is 7.17. The van der Waals surface area contributed by atoms with Gasteiger partial charge < -0.3 is 20.1 Å². The smallest absolute Gasteiger partial charge is 0.253 e. The fourth-order valence-electron chi connectivity index (χ4n) is 3.27. The van der Waals surface area contributed by atoms with E-state index in [2.05, 4.69) is 30.4 Å². The maximum absolute atomic E-state index is 12.0. The summed E-state index contributed by atoms with van der Waals surface area (Å²) in [6.07, 6.45) is 4.62. The first kappa shape index (κ1) is 23.1. The van der Waals surface area contributed by atoms with Gasteiger partial charge in [-0.25, -0.2) is 0 Å². The van der Waals surface area contributed by atoms with E-state index in [1.165, 1.54) is 19.3 Å². The molecule has 1 aliphatic heterocycles. The summed E-state index contributed by atoms with van der Waals surface area (Å²) in [6, 6.07) is 7.60. The van der Waals surface area contributed by atoms with Gasteiger partial charge >= 0.3 is 0 Å². The number of nitrogens with one attached hydrogen (secondary N) is 2. The van der Waals surface area contributed by atoms with Gasteiger partial charge in [0, 0.05) is 46.2 Å². The fraction of sp³-hybridized carbons (Fsp3) is 0.500. The number of carbonyl (C=O) groups is 1. The zero-order chi connectivity index (χ0) is 19.9. The number of aryl methyl sites for hydroxylation is 1. The Morgan fingerprint density at radius 1 is 1.10 bits per heavy atom. The lowest BCUT2D eigenvalue weighted by atomic mass is 10.1. The van der Waals surface area contributed by atoms with E-state index >= 15 is 0 Å². The number of rotatable bonds is 5. The van der Waals surface area contributed by atoms with E-state index in [1.807, 2.05) is 24.3 Å². The van der Waals surface area contributed by atoms with Crippen LogP contribution in [0.3, 0.4) is 0 Å². The van der Waals surface area contributed by atoms with Crippen molar-refractivity contribution < 1.29 is 4.79 Å². The first-order valence-electron chi connectivity index (χ1n) is 9.74. The third-order valence-electron chi connectivity index (χ3n) is 4.89. The third kappa shape index (κ3) is 6.15. The van der Waals surface area contributed by atoms with Gasteiger partial charge in [0.2, 0.25) is 0 Å². The zero-order valence-corrected chi connectivity index (χ0v) is 19.6. The summed E-state index contributed by atoms with van der Waals surface area (Å²) in [5.41, 5.74) is 1.76. The number of hydrogen-bond donors (Lipinski definition) is 2. The van der Waals surface area contributed by atoms with E-state index in [0.717, 1.165) is 30.2 Å². The van der Waals surface area contributed by atoms with Crippen molar-refractivity contribution in [2.45, 2.75) is 45.3 Å². The largest absolute Gasteiger partial charge is 0.352 e. The standard InChI is InChI=1S/C20H29N7O.HI/c1-21-20(22-13-15-8-10-16(11-9-15)19(28)26(2)3)23-14-18-25-24-17-7-5-4-6-12-27(17)18;/h8-11H,4-7,12-14H2,1-3H3,(H2,21,22,23);1H. The van der Waals surface area contributed by atoms with Gasteiger partial charge in [-0.1, -0.05) is 18.6 Å². The van der Waals surface area contributed by atoms with Crippen LogP contribution in [0.15, 0.2) is 29.3 Å². The molecular weight excluding hydrogens is 481 g/mol. The highest BCUT2D eigenvalue weighted by atomic mass is 127. The first-order valence-corrected chi connectivity index (χ1v) is 9.74. The molecule has 2 N–H and O–H groups in total. The van der Waals surface area contributed by atoms with Crippen LogP contribution in [-0.4, -0.2) is 52.7 Å². The topological polar surface area (TPSA) is 87.4 Å². The van der Waals surface area contributed by atoms with Crippen molar-refractivity contribution in [1.29, 1.82) is 0 Å². The minimum absolute atomic E-state index is 0. The summed E-state index contributed by atoms with van der Waals surface area (Å²) in [5.74, 6) is 2.75. The number of aromatic nitrogens is 3. The van der Waals surface area contributed by atoms with Crippen LogP contribution in [0, 0.1) is 0 Å². The van der Waals surface area contributed by atoms with Crippen molar-refractivity contribution in [3.8, 4) is 0 Å². The van der Waals surface area contributed by atoms with Gasteiger partial charge in [-0.15, -0.1) is 34.2 Å². The molecule has 0 saturated heterocycles. The van der Waals surface area contributed by atoms with E-state index in [0.29, 0.717) is 24.6 Å². The molecule has 29 heavy (non-hydrogen) atoms. The van der Waals surface area contributed by atoms with Gasteiger partial charge in [0.05, 0.1) is 6.54 Å². The Kier molecular flexibility index (Phi) is 8.87. The van der Waals surface area contributed by atoms with Crippen molar-refractivity contribution in [2.75, 3.05) is 21.1 Å². The molecule has 0 unspecified atom stereocenters. The molecule has 9 heteroatoms. The third-order valence-corrected chi connectivity index (χ3v) is 4.89. The minimum atomic E-state index is 0. The quantitative estimate of drug-likeness (QED) is 0.365. The van der Waals surface area contributed by atoms with Crippen LogP contribution in [0.5, 0.6) is 0 Å². The summed E-state index contributed by atoms with van der Waals surface area (Å²) >= 11 is 0. The van der Waals surface area contributed by atoms with Gasteiger partial charge in [-0.3, -0.25) is 9.79 Å². The van der Waals surface area contributed by atoms with Crippen molar-refractivity contribution >= 4 is 35.8 Å². The van der Waals surface area contributed by atoms with E-state index in [9.17, 15) is 4.79 Å². The second kappa shape index (κ2) is 11.1. The number of carbonyl (C=O) groups excluding carboxylic acids is 1. The van der Waals surface area contributed by atoms with Crippen molar-refractivity contribution in [2.24, 2.45) is 4.99 Å². The highest BCUT2D eigenvalue weighted by molar-refractivity contribution is 14.0. The maximum Gasteiger partial charge on any atom is 0.253 e. The Bertz CT molecular complexity index is 830. The van der Waals surface area contributed by atoms with Crippen LogP contribution in [0.4, 0.5) is 0 Å². The summed E-state index contributed by atoms with van der Waals surface area (Å²) < 4.78 is 2.23. The maximum atomic E-state index is 12.0. The fourth-order valence-corrected chi connectivity index (χ4v) is 3.27. The zero-order valence-electron chi connectivity index (χ0n) is 17.3. The molecule has 1 amide bonds. The second-order valence-corrected chi connectivity index (χ2v) is 7.17. The molecule has 0 saturated carbocycles. The van der Waals surface area contributed by atoms with Crippen molar-refractivity contribution in [3.63, 3.8) is 0 Å². The van der Waals surface area contributed by atoms with Gasteiger partial charge in [0.1, 0.15) is 5.82 Å². The molecule has 3 rings (SSSR count). The SMILES string of the molecule is CN=C(NCc1ccc(C(=O)N(C)C)cc1)NCc1nnc2n1CCCCC2.I. The highest BCUT2D eigenvalue weighted by Gasteiger charge is 2.14. The number of hydrogen-bond acceptors (Lipinski definition) is 4. The van der Waals surface area contributed by atoms with Gasteiger partial charge in [-0.2, -0.15) is 0 Å². The van der Waals surface area contributed by atoms with E-state index in [-0.39, 0.29) is 29.9 Å². The van der Waals surface area contributed by atoms with Crippen molar-refractivity contribution in [3.05, 3.63) is 47.0 Å². The van der Waals surface area contributed by atoms with E-state index < -0.39 is 0 Å². The number of halogens is 1.